The Morgan fingerprint density at radius 2 is 0.500 bits per heavy atom. The largest absolute Gasteiger partial charge is 0.462 e. The normalized spacial score (nSPS) is 12.6. The molecule has 6 nitrogen and oxygen atoms in total. The van der Waals surface area contributed by atoms with Crippen LogP contribution in [0.2, 0.25) is 0 Å². The van der Waals surface area contributed by atoms with Gasteiger partial charge in [0.1, 0.15) is 13.2 Å². The Morgan fingerprint density at radius 1 is 0.269 bits per heavy atom. The summed E-state index contributed by atoms with van der Waals surface area (Å²) in [4.78, 5) is 38.3. The van der Waals surface area contributed by atoms with Gasteiger partial charge in [0.25, 0.3) is 0 Å². The van der Waals surface area contributed by atoms with Gasteiger partial charge in [-0.05, 0) is 96.3 Å². The predicted molar refractivity (Wildman–Crippen MR) is 339 cm³/mol. The van der Waals surface area contributed by atoms with Gasteiger partial charge in [-0.1, -0.05) is 305 Å². The summed E-state index contributed by atoms with van der Waals surface area (Å²) >= 11 is 0. The zero-order chi connectivity index (χ0) is 56.4. The third-order valence-electron chi connectivity index (χ3n) is 14.6. The van der Waals surface area contributed by atoms with Gasteiger partial charge in [-0.3, -0.25) is 14.4 Å². The van der Waals surface area contributed by atoms with E-state index >= 15 is 0 Å². The maximum atomic E-state index is 12.9. The van der Waals surface area contributed by atoms with Crippen molar-refractivity contribution in [2.75, 3.05) is 13.2 Å². The Morgan fingerprint density at radius 3 is 0.821 bits per heavy atom. The number of esters is 3. The van der Waals surface area contributed by atoms with Crippen LogP contribution in [0.3, 0.4) is 0 Å². The van der Waals surface area contributed by atoms with Crippen LogP contribution in [-0.2, 0) is 28.6 Å². The van der Waals surface area contributed by atoms with Gasteiger partial charge in [0.05, 0.1) is 0 Å². The minimum absolute atomic E-state index is 0.0909. The molecule has 78 heavy (non-hydrogen) atoms. The van der Waals surface area contributed by atoms with Crippen molar-refractivity contribution in [2.24, 2.45) is 0 Å². The Kier molecular flexibility index (Phi) is 63.2. The quantitative estimate of drug-likeness (QED) is 0.0261. The number of carbonyl (C=O) groups is 3. The first-order valence-electron chi connectivity index (χ1n) is 33.6. The van der Waals surface area contributed by atoms with E-state index in [1.165, 1.54) is 199 Å². The Hall–Kier alpha value is -3.41. The van der Waals surface area contributed by atoms with Gasteiger partial charge in [-0.15, -0.1) is 0 Å². The zero-order valence-electron chi connectivity index (χ0n) is 51.7. The highest BCUT2D eigenvalue weighted by atomic mass is 16.6. The topological polar surface area (TPSA) is 78.9 Å². The van der Waals surface area contributed by atoms with Crippen molar-refractivity contribution in [2.45, 2.75) is 341 Å². The first-order chi connectivity index (χ1) is 38.5. The maximum Gasteiger partial charge on any atom is 0.306 e. The number of allylic oxidation sites excluding steroid dienone is 14. The van der Waals surface area contributed by atoms with E-state index in [1.807, 2.05) is 0 Å². The first kappa shape index (κ1) is 74.6. The zero-order valence-corrected chi connectivity index (χ0v) is 51.7. The smallest absolute Gasteiger partial charge is 0.306 e. The van der Waals surface area contributed by atoms with Gasteiger partial charge in [0, 0.05) is 19.3 Å². The van der Waals surface area contributed by atoms with Crippen molar-refractivity contribution in [1.29, 1.82) is 0 Å². The van der Waals surface area contributed by atoms with Crippen molar-refractivity contribution in [3.05, 3.63) is 85.1 Å². The summed E-state index contributed by atoms with van der Waals surface area (Å²) in [5, 5.41) is 0. The van der Waals surface area contributed by atoms with Crippen LogP contribution >= 0.6 is 0 Å². The molecule has 0 aliphatic heterocycles. The maximum absolute atomic E-state index is 12.9. The second kappa shape index (κ2) is 66.1. The SMILES string of the molecule is CC/C=C\C/C=C\C/C=C\C/C=C\C/C=C\C/C=C\CCCCC(=O)OC(COC(=O)CCCCCCCCCCCCCC)COC(=O)CCCCCCCCCCCCCCCCC/C=C\CCCCCCCCCC. The molecule has 6 heteroatoms. The number of ether oxygens (including phenoxy) is 3. The van der Waals surface area contributed by atoms with E-state index in [9.17, 15) is 14.4 Å². The Bertz CT molecular complexity index is 1480. The number of carbonyl (C=O) groups excluding carboxylic acids is 3. The Balaban J connectivity index is 4.30. The molecule has 0 amide bonds. The lowest BCUT2D eigenvalue weighted by atomic mass is 10.0. The van der Waals surface area contributed by atoms with Crippen LogP contribution in [0.1, 0.15) is 335 Å². The standard InChI is InChI=1S/C72H126O6/c1-4-7-10-13-16-19-22-25-27-29-31-33-34-35-36-37-38-40-41-43-45-47-50-53-56-59-62-65-71(74)77-68-69(67-76-70(73)64-61-58-55-52-49-24-21-18-15-12-9-6-3)78-72(75)66-63-60-57-54-51-48-46-44-42-39-32-30-28-26-23-20-17-14-11-8-5-2/h8,11,17,20,26,28-29,31-32,39,44,46,51,54,69H,4-7,9-10,12-16,18-19,21-25,27,30,33-38,40-43,45,47-50,52-53,55-68H2,1-3H3/b11-8-,20-17-,28-26-,31-29-,39-32-,46-44-,54-51-. The molecule has 0 N–H and O–H groups in total. The van der Waals surface area contributed by atoms with E-state index < -0.39 is 6.10 Å². The van der Waals surface area contributed by atoms with Gasteiger partial charge >= 0.3 is 17.9 Å². The molecule has 0 rings (SSSR count). The minimum Gasteiger partial charge on any atom is -0.462 e. The van der Waals surface area contributed by atoms with Gasteiger partial charge in [-0.2, -0.15) is 0 Å². The molecule has 0 heterocycles. The van der Waals surface area contributed by atoms with Gasteiger partial charge in [0.2, 0.25) is 0 Å². The van der Waals surface area contributed by atoms with Gasteiger partial charge in [-0.25, -0.2) is 0 Å². The van der Waals surface area contributed by atoms with E-state index in [1.54, 1.807) is 0 Å². The number of hydrogen-bond acceptors (Lipinski definition) is 6. The van der Waals surface area contributed by atoms with Crippen LogP contribution in [0.4, 0.5) is 0 Å². The molecular formula is C72H126O6. The van der Waals surface area contributed by atoms with Gasteiger partial charge in [0.15, 0.2) is 6.10 Å². The molecule has 450 valence electrons. The first-order valence-corrected chi connectivity index (χ1v) is 33.6. The fraction of sp³-hybridized carbons (Fsp3) is 0.764. The highest BCUT2D eigenvalue weighted by molar-refractivity contribution is 5.71. The molecule has 0 aromatic heterocycles. The van der Waals surface area contributed by atoms with E-state index in [2.05, 4.69) is 106 Å². The molecular weight excluding hydrogens is 961 g/mol. The molecule has 0 aliphatic carbocycles. The van der Waals surface area contributed by atoms with E-state index in [0.717, 1.165) is 89.9 Å². The predicted octanol–water partition coefficient (Wildman–Crippen LogP) is 23.1. The molecule has 0 radical (unpaired) electrons. The average molecular weight is 1090 g/mol. The van der Waals surface area contributed by atoms with Crippen LogP contribution in [0.5, 0.6) is 0 Å². The molecule has 0 spiro atoms. The lowest BCUT2D eigenvalue weighted by molar-refractivity contribution is -0.167. The molecule has 0 aliphatic rings. The van der Waals surface area contributed by atoms with Crippen LogP contribution in [0.15, 0.2) is 85.1 Å². The summed E-state index contributed by atoms with van der Waals surface area (Å²) < 4.78 is 16.9. The van der Waals surface area contributed by atoms with E-state index in [0.29, 0.717) is 19.3 Å². The summed E-state index contributed by atoms with van der Waals surface area (Å²) in [6, 6.07) is 0. The van der Waals surface area contributed by atoms with Gasteiger partial charge < -0.3 is 14.2 Å². The lowest BCUT2D eigenvalue weighted by Crippen LogP contribution is -2.30. The molecule has 0 fully saturated rings. The summed E-state index contributed by atoms with van der Waals surface area (Å²) in [6.07, 6.45) is 87.5. The highest BCUT2D eigenvalue weighted by Gasteiger charge is 2.19. The highest BCUT2D eigenvalue weighted by Crippen LogP contribution is 2.17. The van der Waals surface area contributed by atoms with Crippen LogP contribution in [0, 0.1) is 0 Å². The summed E-state index contributed by atoms with van der Waals surface area (Å²) in [6.45, 7) is 6.53. The molecule has 1 atom stereocenters. The second-order valence-electron chi connectivity index (χ2n) is 22.4. The summed E-state index contributed by atoms with van der Waals surface area (Å²) in [7, 11) is 0. The second-order valence-corrected chi connectivity index (χ2v) is 22.4. The monoisotopic (exact) mass is 1090 g/mol. The van der Waals surface area contributed by atoms with Crippen molar-refractivity contribution < 1.29 is 28.6 Å². The van der Waals surface area contributed by atoms with Crippen molar-refractivity contribution in [3.8, 4) is 0 Å². The number of hydrogen-bond donors (Lipinski definition) is 0. The average Bonchev–Trinajstić information content (AvgIpc) is 3.44. The van der Waals surface area contributed by atoms with Crippen molar-refractivity contribution in [3.63, 3.8) is 0 Å². The fourth-order valence-electron chi connectivity index (χ4n) is 9.62. The van der Waals surface area contributed by atoms with Crippen LogP contribution in [0.25, 0.3) is 0 Å². The third kappa shape index (κ3) is 63.4. The summed E-state index contributed by atoms with van der Waals surface area (Å²) in [5.74, 6) is -0.920. The molecule has 0 saturated carbocycles. The van der Waals surface area contributed by atoms with Crippen molar-refractivity contribution in [1.82, 2.24) is 0 Å². The van der Waals surface area contributed by atoms with Crippen LogP contribution < -0.4 is 0 Å². The van der Waals surface area contributed by atoms with E-state index in [-0.39, 0.29) is 37.5 Å². The molecule has 0 bridgehead atoms. The molecule has 0 aromatic carbocycles. The summed E-state index contributed by atoms with van der Waals surface area (Å²) in [5.41, 5.74) is 0. The Labute approximate surface area is 484 Å². The number of rotatable bonds is 61. The molecule has 0 aromatic rings. The molecule has 0 saturated heterocycles. The molecule has 1 unspecified atom stereocenters. The number of unbranched alkanes of at least 4 members (excludes halogenated alkanes) is 36. The van der Waals surface area contributed by atoms with Crippen LogP contribution in [-0.4, -0.2) is 37.2 Å². The lowest BCUT2D eigenvalue weighted by Gasteiger charge is -2.18. The third-order valence-corrected chi connectivity index (χ3v) is 14.6. The fourth-order valence-corrected chi connectivity index (χ4v) is 9.62. The van der Waals surface area contributed by atoms with Crippen molar-refractivity contribution >= 4 is 17.9 Å². The minimum atomic E-state index is -0.799. The van der Waals surface area contributed by atoms with E-state index in [4.69, 9.17) is 14.2 Å².